The molecule has 6 heteroatoms. The Hall–Kier alpha value is -3.74. The number of carbonyl (C=O) groups excluding carboxylic acids is 1. The van der Waals surface area contributed by atoms with Crippen LogP contribution in [0.4, 0.5) is 0 Å². The van der Waals surface area contributed by atoms with Crippen molar-refractivity contribution in [2.24, 2.45) is 0 Å². The molecule has 31 heavy (non-hydrogen) atoms. The monoisotopic (exact) mass is 430 g/mol. The number of benzene rings is 3. The SMILES string of the molecule is O=Cc1ccc(-c2ccc(C=Cc3ccc(-c4ccccc4)cc3)c(S(=O)(=O)O)c2)o1. The van der Waals surface area contributed by atoms with E-state index in [1.54, 1.807) is 30.4 Å². The van der Waals surface area contributed by atoms with Crippen LogP contribution in [0.2, 0.25) is 0 Å². The van der Waals surface area contributed by atoms with Crippen molar-refractivity contribution in [2.45, 2.75) is 4.90 Å². The summed E-state index contributed by atoms with van der Waals surface area (Å²) in [5.74, 6) is 0.463. The van der Waals surface area contributed by atoms with E-state index >= 15 is 0 Å². The zero-order valence-corrected chi connectivity index (χ0v) is 17.1. The van der Waals surface area contributed by atoms with Crippen molar-refractivity contribution in [3.8, 4) is 22.5 Å². The van der Waals surface area contributed by atoms with Crippen molar-refractivity contribution in [1.82, 2.24) is 0 Å². The Balaban J connectivity index is 1.64. The summed E-state index contributed by atoms with van der Waals surface area (Å²) in [5, 5.41) is 0. The van der Waals surface area contributed by atoms with Crippen LogP contribution in [0.5, 0.6) is 0 Å². The number of furan rings is 1. The Morgan fingerprint density at radius 2 is 1.42 bits per heavy atom. The Morgan fingerprint density at radius 3 is 2.06 bits per heavy atom. The van der Waals surface area contributed by atoms with Gasteiger partial charge in [0.1, 0.15) is 10.7 Å². The maximum absolute atomic E-state index is 11.9. The predicted molar refractivity (Wildman–Crippen MR) is 120 cm³/mol. The summed E-state index contributed by atoms with van der Waals surface area (Å²) >= 11 is 0. The van der Waals surface area contributed by atoms with Gasteiger partial charge in [-0.05, 0) is 40.5 Å². The molecule has 1 heterocycles. The first-order valence-corrected chi connectivity index (χ1v) is 10.9. The smallest absolute Gasteiger partial charge is 0.295 e. The molecule has 0 bridgehead atoms. The van der Waals surface area contributed by atoms with Gasteiger partial charge >= 0.3 is 0 Å². The Morgan fingerprint density at radius 1 is 0.742 bits per heavy atom. The molecule has 0 fully saturated rings. The van der Waals surface area contributed by atoms with Crippen molar-refractivity contribution < 1.29 is 22.2 Å². The van der Waals surface area contributed by atoms with Gasteiger partial charge in [-0.1, -0.05) is 78.9 Å². The van der Waals surface area contributed by atoms with Crippen LogP contribution in [0.25, 0.3) is 34.6 Å². The minimum atomic E-state index is -4.47. The molecule has 0 spiro atoms. The quantitative estimate of drug-likeness (QED) is 0.236. The first-order valence-electron chi connectivity index (χ1n) is 9.44. The summed E-state index contributed by atoms with van der Waals surface area (Å²) in [6.07, 6.45) is 3.96. The van der Waals surface area contributed by atoms with Crippen LogP contribution < -0.4 is 0 Å². The highest BCUT2D eigenvalue weighted by Crippen LogP contribution is 2.28. The highest BCUT2D eigenvalue weighted by molar-refractivity contribution is 7.86. The van der Waals surface area contributed by atoms with Crippen LogP contribution in [0.15, 0.2) is 94.2 Å². The molecule has 4 rings (SSSR count). The van der Waals surface area contributed by atoms with E-state index in [4.69, 9.17) is 4.42 Å². The highest BCUT2D eigenvalue weighted by Gasteiger charge is 2.16. The van der Waals surface area contributed by atoms with Gasteiger partial charge in [0.05, 0.1) is 0 Å². The summed E-state index contributed by atoms with van der Waals surface area (Å²) in [7, 11) is -4.47. The van der Waals surface area contributed by atoms with Crippen molar-refractivity contribution in [3.63, 3.8) is 0 Å². The molecule has 3 aromatic carbocycles. The highest BCUT2D eigenvalue weighted by atomic mass is 32.2. The Kier molecular flexibility index (Phi) is 5.66. The summed E-state index contributed by atoms with van der Waals surface area (Å²) in [4.78, 5) is 10.6. The van der Waals surface area contributed by atoms with Gasteiger partial charge in [0.15, 0.2) is 12.0 Å². The molecule has 0 unspecified atom stereocenters. The van der Waals surface area contributed by atoms with Crippen molar-refractivity contribution >= 4 is 28.6 Å². The molecule has 5 nitrogen and oxygen atoms in total. The van der Waals surface area contributed by atoms with Gasteiger partial charge in [0.25, 0.3) is 10.1 Å². The third kappa shape index (κ3) is 4.71. The Labute approximate surface area is 180 Å². The van der Waals surface area contributed by atoms with E-state index in [1.807, 2.05) is 54.6 Å². The van der Waals surface area contributed by atoms with Crippen LogP contribution in [0, 0.1) is 0 Å². The van der Waals surface area contributed by atoms with Crippen LogP contribution in [-0.4, -0.2) is 19.3 Å². The topological polar surface area (TPSA) is 84.6 Å². The number of aldehydes is 1. The van der Waals surface area contributed by atoms with Gasteiger partial charge in [0, 0.05) is 5.56 Å². The molecule has 1 N–H and O–H groups in total. The molecule has 4 aromatic rings. The third-order valence-corrected chi connectivity index (χ3v) is 5.70. The van der Waals surface area contributed by atoms with E-state index in [1.165, 1.54) is 12.1 Å². The predicted octanol–water partition coefficient (Wildman–Crippen LogP) is 5.84. The van der Waals surface area contributed by atoms with Gasteiger partial charge in [-0.3, -0.25) is 9.35 Å². The van der Waals surface area contributed by atoms with Crippen molar-refractivity contribution in [3.05, 3.63) is 102 Å². The second kappa shape index (κ2) is 8.55. The number of hydrogen-bond donors (Lipinski definition) is 1. The summed E-state index contributed by atoms with van der Waals surface area (Å²) in [6.45, 7) is 0. The van der Waals surface area contributed by atoms with Gasteiger partial charge in [0.2, 0.25) is 0 Å². The van der Waals surface area contributed by atoms with Crippen molar-refractivity contribution in [2.75, 3.05) is 0 Å². The van der Waals surface area contributed by atoms with Gasteiger partial charge < -0.3 is 4.42 Å². The van der Waals surface area contributed by atoms with E-state index < -0.39 is 10.1 Å². The molecule has 0 aliphatic rings. The average molecular weight is 430 g/mol. The summed E-state index contributed by atoms with van der Waals surface area (Å²) < 4.78 is 38.9. The lowest BCUT2D eigenvalue weighted by molar-refractivity contribution is 0.110. The van der Waals surface area contributed by atoms with Gasteiger partial charge in [-0.25, -0.2) is 0 Å². The number of hydrogen-bond acceptors (Lipinski definition) is 4. The van der Waals surface area contributed by atoms with E-state index in [9.17, 15) is 17.8 Å². The molecule has 0 saturated heterocycles. The maximum Gasteiger partial charge on any atom is 0.295 e. The van der Waals surface area contributed by atoms with Crippen molar-refractivity contribution in [1.29, 1.82) is 0 Å². The lowest BCUT2D eigenvalue weighted by atomic mass is 10.0. The molecule has 0 aliphatic heterocycles. The molecule has 0 radical (unpaired) electrons. The molecule has 0 amide bonds. The first kappa shape index (κ1) is 20.5. The fourth-order valence-electron chi connectivity index (χ4n) is 3.22. The first-order chi connectivity index (χ1) is 14.9. The lowest BCUT2D eigenvalue weighted by Crippen LogP contribution is -2.01. The molecule has 154 valence electrons. The molecular weight excluding hydrogens is 412 g/mol. The van der Waals surface area contributed by atoms with Crippen LogP contribution in [0.3, 0.4) is 0 Å². The average Bonchev–Trinajstić information content (AvgIpc) is 3.27. The van der Waals surface area contributed by atoms with E-state index in [-0.39, 0.29) is 10.7 Å². The normalized spacial score (nSPS) is 11.6. The standard InChI is InChI=1S/C25H18O5S/c26-17-23-14-15-24(30-23)22-13-12-21(25(16-22)31(27,28)29)11-8-18-6-9-20(10-7-18)19-4-2-1-3-5-19/h1-17H,(H,27,28,29). The van der Waals surface area contributed by atoms with Crippen LogP contribution >= 0.6 is 0 Å². The molecular formula is C25H18O5S. The number of rotatable bonds is 6. The number of carbonyl (C=O) groups is 1. The summed E-state index contributed by atoms with van der Waals surface area (Å²) in [5.41, 5.74) is 3.84. The second-order valence-electron chi connectivity index (χ2n) is 6.87. The van der Waals surface area contributed by atoms with E-state index in [0.717, 1.165) is 16.7 Å². The second-order valence-corrected chi connectivity index (χ2v) is 8.26. The molecule has 1 aromatic heterocycles. The lowest BCUT2D eigenvalue weighted by Gasteiger charge is -2.06. The van der Waals surface area contributed by atoms with Gasteiger partial charge in [-0.2, -0.15) is 8.42 Å². The molecule has 0 aliphatic carbocycles. The van der Waals surface area contributed by atoms with Crippen LogP contribution in [0.1, 0.15) is 21.7 Å². The fourth-order valence-corrected chi connectivity index (χ4v) is 3.93. The Bertz CT molecular complexity index is 1350. The largest absolute Gasteiger partial charge is 0.453 e. The molecule has 0 saturated carbocycles. The van der Waals surface area contributed by atoms with Crippen LogP contribution in [-0.2, 0) is 10.1 Å². The summed E-state index contributed by atoms with van der Waals surface area (Å²) in [6, 6.07) is 25.4. The van der Waals surface area contributed by atoms with Gasteiger partial charge in [-0.15, -0.1) is 0 Å². The third-order valence-electron chi connectivity index (χ3n) is 4.79. The van der Waals surface area contributed by atoms with E-state index in [0.29, 0.717) is 23.2 Å². The molecule has 0 atom stereocenters. The zero-order chi connectivity index (χ0) is 21.8. The zero-order valence-electron chi connectivity index (χ0n) is 16.3. The minimum absolute atomic E-state index is 0.131. The fraction of sp³-hybridized carbons (Fsp3) is 0. The minimum Gasteiger partial charge on any atom is -0.453 e. The van der Waals surface area contributed by atoms with E-state index in [2.05, 4.69) is 0 Å². The maximum atomic E-state index is 11.9.